The van der Waals surface area contributed by atoms with Crippen LogP contribution in [0.25, 0.3) is 11.6 Å². The zero-order chi connectivity index (χ0) is 18.1. The SMILES string of the molecule is CCN(CC)Cc1c(C)[nH]c(C=c2c(=O)[nH][nH]c2=C2CC2)c1C(C)C. The van der Waals surface area contributed by atoms with Gasteiger partial charge in [-0.05, 0) is 61.5 Å². The van der Waals surface area contributed by atoms with E-state index in [-0.39, 0.29) is 5.56 Å². The maximum Gasteiger partial charge on any atom is 0.271 e. The lowest BCUT2D eigenvalue weighted by atomic mass is 9.96. The molecule has 1 aliphatic rings. The second-order valence-electron chi connectivity index (χ2n) is 7.29. The summed E-state index contributed by atoms with van der Waals surface area (Å²) in [5.74, 6) is 0.400. The van der Waals surface area contributed by atoms with Crippen LogP contribution >= 0.6 is 0 Å². The molecule has 0 saturated heterocycles. The first kappa shape index (κ1) is 17.8. The molecule has 1 saturated carbocycles. The van der Waals surface area contributed by atoms with Crippen LogP contribution in [0.5, 0.6) is 0 Å². The number of nitrogens with zero attached hydrogens (tertiary/aromatic N) is 1. The number of aromatic nitrogens is 3. The molecule has 0 amide bonds. The third kappa shape index (κ3) is 3.52. The maximum absolute atomic E-state index is 12.3. The fourth-order valence-corrected chi connectivity index (χ4v) is 3.60. The highest BCUT2D eigenvalue weighted by Crippen LogP contribution is 2.29. The molecule has 0 atom stereocenters. The van der Waals surface area contributed by atoms with Gasteiger partial charge in [0.1, 0.15) is 0 Å². The van der Waals surface area contributed by atoms with Crippen LogP contribution in [0, 0.1) is 6.92 Å². The fourth-order valence-electron chi connectivity index (χ4n) is 3.60. The van der Waals surface area contributed by atoms with E-state index in [0.29, 0.717) is 5.92 Å². The fraction of sp³-hybridized carbons (Fsp3) is 0.550. The summed E-state index contributed by atoms with van der Waals surface area (Å²) in [6, 6.07) is 0. The highest BCUT2D eigenvalue weighted by molar-refractivity contribution is 5.60. The summed E-state index contributed by atoms with van der Waals surface area (Å²) in [5.41, 5.74) is 6.27. The van der Waals surface area contributed by atoms with Crippen LogP contribution in [-0.4, -0.2) is 33.2 Å². The van der Waals surface area contributed by atoms with Crippen molar-refractivity contribution < 1.29 is 0 Å². The Morgan fingerprint density at radius 1 is 1.16 bits per heavy atom. The zero-order valence-electron chi connectivity index (χ0n) is 16.0. The summed E-state index contributed by atoms with van der Waals surface area (Å²) in [7, 11) is 0. The molecule has 25 heavy (non-hydrogen) atoms. The number of H-pyrrole nitrogens is 3. The molecule has 3 N–H and O–H groups in total. The Morgan fingerprint density at radius 2 is 1.84 bits per heavy atom. The van der Waals surface area contributed by atoms with Crippen molar-refractivity contribution in [1.82, 2.24) is 20.1 Å². The Hall–Kier alpha value is -2.01. The molecule has 5 heteroatoms. The van der Waals surface area contributed by atoms with Crippen molar-refractivity contribution in [3.63, 3.8) is 0 Å². The van der Waals surface area contributed by atoms with Crippen LogP contribution in [0.3, 0.4) is 0 Å². The molecule has 0 aliphatic heterocycles. The van der Waals surface area contributed by atoms with E-state index < -0.39 is 0 Å². The highest BCUT2D eigenvalue weighted by atomic mass is 16.1. The van der Waals surface area contributed by atoms with Gasteiger partial charge in [-0.2, -0.15) is 0 Å². The van der Waals surface area contributed by atoms with Crippen LogP contribution in [0.4, 0.5) is 0 Å². The molecule has 1 fully saturated rings. The second kappa shape index (κ2) is 7.08. The maximum atomic E-state index is 12.3. The van der Waals surface area contributed by atoms with Gasteiger partial charge in [0.25, 0.3) is 5.56 Å². The van der Waals surface area contributed by atoms with Crippen LogP contribution < -0.4 is 16.1 Å². The molecule has 136 valence electrons. The minimum atomic E-state index is -0.0401. The first-order valence-corrected chi connectivity index (χ1v) is 9.40. The molecular weight excluding hydrogens is 312 g/mol. The molecule has 0 spiro atoms. The van der Waals surface area contributed by atoms with Gasteiger partial charge in [-0.3, -0.25) is 19.9 Å². The third-order valence-corrected chi connectivity index (χ3v) is 5.20. The van der Waals surface area contributed by atoms with Crippen molar-refractivity contribution >= 4 is 11.6 Å². The summed E-state index contributed by atoms with van der Waals surface area (Å²) in [4.78, 5) is 18.2. The van der Waals surface area contributed by atoms with Gasteiger partial charge in [0.2, 0.25) is 0 Å². The number of rotatable bonds is 6. The van der Waals surface area contributed by atoms with E-state index in [9.17, 15) is 4.79 Å². The van der Waals surface area contributed by atoms with Gasteiger partial charge in [0.15, 0.2) is 0 Å². The summed E-state index contributed by atoms with van der Waals surface area (Å²) < 4.78 is 0. The van der Waals surface area contributed by atoms with Crippen molar-refractivity contribution in [2.45, 2.75) is 59.9 Å². The Morgan fingerprint density at radius 3 is 2.40 bits per heavy atom. The van der Waals surface area contributed by atoms with Crippen LogP contribution in [0.15, 0.2) is 4.79 Å². The molecule has 0 unspecified atom stereocenters. The lowest BCUT2D eigenvalue weighted by Crippen LogP contribution is -2.33. The largest absolute Gasteiger partial charge is 0.359 e. The summed E-state index contributed by atoms with van der Waals surface area (Å²) in [6.45, 7) is 14.0. The topological polar surface area (TPSA) is 67.7 Å². The monoisotopic (exact) mass is 342 g/mol. The minimum absolute atomic E-state index is 0.0401. The zero-order valence-corrected chi connectivity index (χ0v) is 16.0. The standard InChI is InChI=1S/C20H30N4O/c1-6-24(7-2)11-16-13(5)21-17(18(16)12(3)4)10-15-19(14-8-9-14)22-23-20(15)25/h10,12,21-22H,6-9,11H2,1-5H3,(H,23,25). The smallest absolute Gasteiger partial charge is 0.271 e. The molecule has 2 heterocycles. The van der Waals surface area contributed by atoms with Gasteiger partial charge in [-0.25, -0.2) is 0 Å². The average Bonchev–Trinajstić information content (AvgIpc) is 3.28. The van der Waals surface area contributed by atoms with E-state index in [1.165, 1.54) is 22.4 Å². The normalized spacial score (nSPS) is 15.0. The quantitative estimate of drug-likeness (QED) is 0.752. The number of nitrogens with one attached hydrogen (secondary N) is 3. The molecule has 2 aromatic rings. The van der Waals surface area contributed by atoms with Crippen LogP contribution in [-0.2, 0) is 6.54 Å². The molecule has 2 aromatic heterocycles. The molecule has 0 aromatic carbocycles. The van der Waals surface area contributed by atoms with Crippen LogP contribution in [0.2, 0.25) is 0 Å². The third-order valence-electron chi connectivity index (χ3n) is 5.20. The lowest BCUT2D eigenvalue weighted by Gasteiger charge is -2.20. The summed E-state index contributed by atoms with van der Waals surface area (Å²) >= 11 is 0. The van der Waals surface area contributed by atoms with E-state index in [0.717, 1.165) is 48.7 Å². The second-order valence-corrected chi connectivity index (χ2v) is 7.29. The van der Waals surface area contributed by atoms with Crippen molar-refractivity contribution in [3.8, 4) is 0 Å². The van der Waals surface area contributed by atoms with Gasteiger partial charge in [-0.1, -0.05) is 27.7 Å². The minimum Gasteiger partial charge on any atom is -0.359 e. The predicted octanol–water partition coefficient (Wildman–Crippen LogP) is 2.08. The van der Waals surface area contributed by atoms with E-state index in [1.807, 2.05) is 6.08 Å². The predicted molar refractivity (Wildman–Crippen MR) is 103 cm³/mol. The number of aromatic amines is 3. The first-order valence-electron chi connectivity index (χ1n) is 9.40. The molecule has 5 nitrogen and oxygen atoms in total. The van der Waals surface area contributed by atoms with Crippen molar-refractivity contribution in [2.24, 2.45) is 0 Å². The van der Waals surface area contributed by atoms with E-state index in [1.54, 1.807) is 0 Å². The van der Waals surface area contributed by atoms with Gasteiger partial charge in [0, 0.05) is 17.9 Å². The molecular formula is C20H30N4O. The lowest BCUT2D eigenvalue weighted by molar-refractivity contribution is 0.294. The van der Waals surface area contributed by atoms with Crippen molar-refractivity contribution in [2.75, 3.05) is 13.1 Å². The average molecular weight is 342 g/mol. The van der Waals surface area contributed by atoms with Gasteiger partial charge in [-0.15, -0.1) is 0 Å². The van der Waals surface area contributed by atoms with E-state index in [2.05, 4.69) is 54.7 Å². The molecule has 0 bridgehead atoms. The summed E-state index contributed by atoms with van der Waals surface area (Å²) in [5, 5.41) is 7.53. The molecule has 1 aliphatic carbocycles. The van der Waals surface area contributed by atoms with Gasteiger partial charge < -0.3 is 4.98 Å². The molecule has 3 rings (SSSR count). The summed E-state index contributed by atoms with van der Waals surface area (Å²) in [6.07, 6.45) is 4.20. The Balaban J connectivity index is 2.16. The van der Waals surface area contributed by atoms with Crippen LogP contribution in [0.1, 0.15) is 69.0 Å². The Kier molecular flexibility index (Phi) is 5.04. The van der Waals surface area contributed by atoms with Gasteiger partial charge in [0.05, 0.1) is 10.6 Å². The van der Waals surface area contributed by atoms with E-state index in [4.69, 9.17) is 0 Å². The van der Waals surface area contributed by atoms with E-state index >= 15 is 0 Å². The first-order chi connectivity index (χ1) is 12.0. The van der Waals surface area contributed by atoms with Crippen molar-refractivity contribution in [1.29, 1.82) is 0 Å². The Labute approximate surface area is 148 Å². The Bertz CT molecular complexity index is 916. The molecule has 0 radical (unpaired) electrons. The number of hydrogen-bond donors (Lipinski definition) is 3. The number of aryl methyl sites for hydroxylation is 1. The number of hydrogen-bond acceptors (Lipinski definition) is 2. The van der Waals surface area contributed by atoms with Gasteiger partial charge >= 0.3 is 0 Å². The van der Waals surface area contributed by atoms with Crippen molar-refractivity contribution in [3.05, 3.63) is 43.4 Å². The highest BCUT2D eigenvalue weighted by Gasteiger charge is 2.19.